The Morgan fingerprint density at radius 2 is 2.29 bits per heavy atom. The van der Waals surface area contributed by atoms with Gasteiger partial charge in [0.15, 0.2) is 0 Å². The molecule has 134 valence electrons. The number of ether oxygens (including phenoxy) is 3. The van der Waals surface area contributed by atoms with Crippen molar-refractivity contribution < 1.29 is 25.5 Å². The minimum absolute atomic E-state index is 0.243. The smallest absolute Gasteiger partial charge is 0.407 e. The number of carbonyl (C=O) groups is 1. The molecule has 0 radical (unpaired) electrons. The number of carbonyl (C=O) groups excluding carboxylic acids is 1. The summed E-state index contributed by atoms with van der Waals surface area (Å²) in [6.45, 7) is 0.641. The van der Waals surface area contributed by atoms with Crippen molar-refractivity contribution >= 4 is 6.09 Å². The van der Waals surface area contributed by atoms with Crippen LogP contribution in [0.3, 0.4) is 0 Å². The molecule has 1 aliphatic rings. The second-order valence-electron chi connectivity index (χ2n) is 5.81. The molecule has 0 unspecified atom stereocenters. The minimum Gasteiger partial charge on any atom is -0.497 e. The Morgan fingerprint density at radius 1 is 1.54 bits per heavy atom. The van der Waals surface area contributed by atoms with Gasteiger partial charge in [0, 0.05) is 26.0 Å². The van der Waals surface area contributed by atoms with Crippen LogP contribution in [0.1, 0.15) is 13.4 Å². The van der Waals surface area contributed by atoms with E-state index in [4.69, 9.17) is 15.6 Å². The van der Waals surface area contributed by atoms with Crippen LogP contribution in [-0.4, -0.2) is 68.7 Å². The Hall–Kier alpha value is -1.83. The maximum absolute atomic E-state index is 11.7. The van der Waals surface area contributed by atoms with Crippen molar-refractivity contribution in [1.29, 1.82) is 0 Å². The molecule has 0 bridgehead atoms. The summed E-state index contributed by atoms with van der Waals surface area (Å²) >= 11 is 0. The highest BCUT2D eigenvalue weighted by Gasteiger charge is 2.20. The zero-order valence-corrected chi connectivity index (χ0v) is 14.1. The Kier molecular flexibility index (Phi) is 6.71. The molecule has 0 saturated carbocycles. The lowest BCUT2D eigenvalue weighted by atomic mass is 10.2. The van der Waals surface area contributed by atoms with Crippen LogP contribution in [0.4, 0.5) is 4.79 Å². The van der Waals surface area contributed by atoms with E-state index < -0.39 is 18.7 Å². The molecule has 1 heterocycles. The van der Waals surface area contributed by atoms with Gasteiger partial charge in [-0.25, -0.2) is 4.79 Å². The molecule has 1 amide bonds. The van der Waals surface area contributed by atoms with E-state index in [9.17, 15) is 9.90 Å². The summed E-state index contributed by atoms with van der Waals surface area (Å²) in [4.78, 5) is 13.6. The second kappa shape index (κ2) is 9.46. The topological polar surface area (TPSA) is 80.3 Å². The molecule has 7 nitrogen and oxygen atoms in total. The first-order valence-electron chi connectivity index (χ1n) is 8.52. The van der Waals surface area contributed by atoms with Crippen LogP contribution in [0.25, 0.3) is 0 Å². The monoisotopic (exact) mass is 339 g/mol. The molecule has 3 atom stereocenters. The number of aliphatic hydroxyl groups excluding tert-OH is 1. The molecule has 7 heteroatoms. The summed E-state index contributed by atoms with van der Waals surface area (Å²) in [7, 11) is 3.46. The van der Waals surface area contributed by atoms with Crippen LogP contribution in [0.5, 0.6) is 5.75 Å². The lowest BCUT2D eigenvalue weighted by molar-refractivity contribution is 0.0749. The first-order valence-corrected chi connectivity index (χ1v) is 7.94. The Bertz CT molecular complexity index is 536. The lowest BCUT2D eigenvalue weighted by Gasteiger charge is -2.21. The molecule has 1 aromatic rings. The van der Waals surface area contributed by atoms with Gasteiger partial charge in [-0.05, 0) is 24.7 Å². The van der Waals surface area contributed by atoms with E-state index in [-0.39, 0.29) is 12.6 Å². The molecular weight excluding hydrogens is 312 g/mol. The van der Waals surface area contributed by atoms with Crippen LogP contribution in [0.2, 0.25) is 0 Å². The summed E-state index contributed by atoms with van der Waals surface area (Å²) in [6, 6.07) is 7.63. The Balaban J connectivity index is 1.72. The molecule has 2 rings (SSSR count). The summed E-state index contributed by atoms with van der Waals surface area (Å²) < 4.78 is 23.2. The quantitative estimate of drug-likeness (QED) is 0.736. The van der Waals surface area contributed by atoms with Gasteiger partial charge in [-0.1, -0.05) is 12.1 Å². The van der Waals surface area contributed by atoms with Crippen LogP contribution in [0, 0.1) is 0 Å². The third-order valence-electron chi connectivity index (χ3n) is 3.67. The number of nitrogens with zero attached hydrogens (tertiary/aromatic N) is 1. The second-order valence-corrected chi connectivity index (χ2v) is 5.81. The van der Waals surface area contributed by atoms with Crippen molar-refractivity contribution in [3.8, 4) is 5.75 Å². The lowest BCUT2D eigenvalue weighted by Crippen LogP contribution is -2.39. The van der Waals surface area contributed by atoms with E-state index in [0.717, 1.165) is 11.3 Å². The summed E-state index contributed by atoms with van der Waals surface area (Å²) in [5, 5.41) is 12.5. The van der Waals surface area contributed by atoms with E-state index in [1.807, 2.05) is 36.2 Å². The number of rotatable bonds is 8. The third kappa shape index (κ3) is 6.35. The van der Waals surface area contributed by atoms with Crippen molar-refractivity contribution in [3.63, 3.8) is 0 Å². The highest BCUT2D eigenvalue weighted by atomic mass is 16.6. The molecule has 1 saturated heterocycles. The predicted molar refractivity (Wildman–Crippen MR) is 89.0 cm³/mol. The normalized spacial score (nSPS) is 20.3. The van der Waals surface area contributed by atoms with Gasteiger partial charge in [-0.3, -0.25) is 4.90 Å². The van der Waals surface area contributed by atoms with Crippen molar-refractivity contribution in [2.24, 2.45) is 0 Å². The number of amides is 1. The molecule has 0 aromatic heterocycles. The van der Waals surface area contributed by atoms with Crippen molar-refractivity contribution in [3.05, 3.63) is 29.8 Å². The fourth-order valence-corrected chi connectivity index (χ4v) is 2.43. The van der Waals surface area contributed by atoms with Gasteiger partial charge in [0.05, 0.1) is 27.8 Å². The summed E-state index contributed by atoms with van der Waals surface area (Å²) in [6.07, 6.45) is -1.35. The largest absolute Gasteiger partial charge is 0.497 e. The molecular formula is C17H26N2O5. The Morgan fingerprint density at radius 3 is 2.92 bits per heavy atom. The summed E-state index contributed by atoms with van der Waals surface area (Å²) in [5.74, 6) is 0.785. The van der Waals surface area contributed by atoms with E-state index in [1.54, 1.807) is 7.11 Å². The maximum Gasteiger partial charge on any atom is 0.407 e. The van der Waals surface area contributed by atoms with Gasteiger partial charge in [-0.15, -0.1) is 0 Å². The van der Waals surface area contributed by atoms with Crippen molar-refractivity contribution in [2.45, 2.75) is 25.2 Å². The number of alkyl carbamates (subject to hydrolysis) is 1. The first-order chi connectivity index (χ1) is 12.0. The number of nitrogens with one attached hydrogen (secondary N) is 1. The standard InChI is InChI=1S/C17H26N2O5/c1-19(10-13-3-5-15(22-2)6-4-13)11-14(20)9-18-17(21)24-16-7-8-23-12-16/h3-6,14,16,20H,7-12H2,1-2H3,(H,18,21)/t14-,16-/m0/s1/i9D/t9-,14-,16-. The predicted octanol–water partition coefficient (Wildman–Crippen LogP) is 1.00. The van der Waals surface area contributed by atoms with Gasteiger partial charge >= 0.3 is 6.09 Å². The van der Waals surface area contributed by atoms with Crippen LogP contribution < -0.4 is 10.1 Å². The zero-order chi connectivity index (χ0) is 18.2. The van der Waals surface area contributed by atoms with Crippen molar-refractivity contribution in [2.75, 3.05) is 40.4 Å². The minimum atomic E-state index is -1.16. The number of methoxy groups -OCH3 is 1. The maximum atomic E-state index is 11.7. The molecule has 2 N–H and O–H groups in total. The molecule has 24 heavy (non-hydrogen) atoms. The van der Waals surface area contributed by atoms with Gasteiger partial charge in [0.1, 0.15) is 11.9 Å². The van der Waals surface area contributed by atoms with Gasteiger partial charge in [0.25, 0.3) is 0 Å². The number of likely N-dealkylation sites (N-methyl/N-ethyl adjacent to an activating group) is 1. The van der Waals surface area contributed by atoms with Gasteiger partial charge in [0.2, 0.25) is 0 Å². The SMILES string of the molecule is [2H][C@H](NC(=O)O[C@H]1CCOC1)[C@H](O)CN(C)Cc1ccc(OC)cc1. The van der Waals surface area contributed by atoms with Gasteiger partial charge in [-0.2, -0.15) is 0 Å². The van der Waals surface area contributed by atoms with Crippen LogP contribution in [-0.2, 0) is 16.0 Å². The molecule has 1 fully saturated rings. The average Bonchev–Trinajstić information content (AvgIpc) is 3.08. The summed E-state index contributed by atoms with van der Waals surface area (Å²) in [5.41, 5.74) is 1.06. The van der Waals surface area contributed by atoms with Gasteiger partial charge < -0.3 is 24.6 Å². The van der Waals surface area contributed by atoms with E-state index in [2.05, 4.69) is 5.32 Å². The Labute approximate surface area is 143 Å². The fourth-order valence-electron chi connectivity index (χ4n) is 2.43. The number of aliphatic hydroxyl groups is 1. The fraction of sp³-hybridized carbons (Fsp3) is 0.588. The number of hydrogen-bond donors (Lipinski definition) is 2. The number of benzene rings is 1. The molecule has 0 aliphatic carbocycles. The van der Waals surface area contributed by atoms with E-state index in [1.165, 1.54) is 0 Å². The highest BCUT2D eigenvalue weighted by Crippen LogP contribution is 2.12. The van der Waals surface area contributed by atoms with Crippen LogP contribution >= 0.6 is 0 Å². The van der Waals surface area contributed by atoms with Crippen LogP contribution in [0.15, 0.2) is 24.3 Å². The van der Waals surface area contributed by atoms with E-state index >= 15 is 0 Å². The molecule has 0 spiro atoms. The zero-order valence-electron chi connectivity index (χ0n) is 15.1. The average molecular weight is 339 g/mol. The first kappa shape index (κ1) is 17.0. The number of hydrogen-bond acceptors (Lipinski definition) is 6. The highest BCUT2D eigenvalue weighted by molar-refractivity contribution is 5.67. The van der Waals surface area contributed by atoms with E-state index in [0.29, 0.717) is 26.2 Å². The van der Waals surface area contributed by atoms with Crippen molar-refractivity contribution in [1.82, 2.24) is 10.2 Å². The molecule has 1 aliphatic heterocycles. The third-order valence-corrected chi connectivity index (χ3v) is 3.67. The molecule has 1 aromatic carbocycles.